The van der Waals surface area contributed by atoms with E-state index < -0.39 is 5.43 Å². The highest BCUT2D eigenvalue weighted by Gasteiger charge is 2.24. The van der Waals surface area contributed by atoms with Gasteiger partial charge in [-0.1, -0.05) is 0 Å². The van der Waals surface area contributed by atoms with Crippen LogP contribution in [0.4, 0.5) is 5.82 Å². The molecule has 0 aromatic carbocycles. The molecule has 25 heavy (non-hydrogen) atoms. The van der Waals surface area contributed by atoms with Crippen molar-refractivity contribution in [2.45, 2.75) is 39.3 Å². The summed E-state index contributed by atoms with van der Waals surface area (Å²) in [6, 6.07) is 3.80. The quantitative estimate of drug-likeness (QED) is 0.906. The Hall–Kier alpha value is -2.41. The molecule has 0 spiro atoms. The number of nitrogens with zero attached hydrogens (tertiary/aromatic N) is 4. The predicted octanol–water partition coefficient (Wildman–Crippen LogP) is 1.85. The summed E-state index contributed by atoms with van der Waals surface area (Å²) in [5.74, 6) is 2.01. The summed E-state index contributed by atoms with van der Waals surface area (Å²) in [7, 11) is 2.03. The van der Waals surface area contributed by atoms with Gasteiger partial charge in [-0.15, -0.1) is 0 Å². The molecule has 0 unspecified atom stereocenters. The lowest BCUT2D eigenvalue weighted by molar-refractivity contribution is 0.185. The van der Waals surface area contributed by atoms with Crippen LogP contribution in [0.5, 0.6) is 5.75 Å². The third kappa shape index (κ3) is 4.17. The Balaban J connectivity index is 1.59. The predicted molar refractivity (Wildman–Crippen MR) is 94.9 cm³/mol. The zero-order chi connectivity index (χ0) is 18.0. The van der Waals surface area contributed by atoms with Crippen LogP contribution in [0.1, 0.15) is 30.1 Å². The van der Waals surface area contributed by atoms with E-state index in [4.69, 9.17) is 4.42 Å². The van der Waals surface area contributed by atoms with E-state index in [-0.39, 0.29) is 5.75 Å². The first-order valence-electron chi connectivity index (χ1n) is 8.50. The average molecular weight is 344 g/mol. The van der Waals surface area contributed by atoms with Gasteiger partial charge in [-0.25, -0.2) is 9.97 Å². The third-order valence-electron chi connectivity index (χ3n) is 4.64. The van der Waals surface area contributed by atoms with Gasteiger partial charge in [0.15, 0.2) is 5.75 Å². The summed E-state index contributed by atoms with van der Waals surface area (Å²) >= 11 is 0. The lowest BCUT2D eigenvalue weighted by atomic mass is 10.0. The van der Waals surface area contributed by atoms with Crippen molar-refractivity contribution in [2.75, 3.05) is 25.0 Å². The number of piperidine rings is 1. The van der Waals surface area contributed by atoms with Crippen molar-refractivity contribution in [3.63, 3.8) is 0 Å². The molecule has 1 aliphatic rings. The lowest BCUT2D eigenvalue weighted by Gasteiger charge is -2.37. The molecule has 1 saturated heterocycles. The molecule has 7 nitrogen and oxygen atoms in total. The second-order valence-electron chi connectivity index (χ2n) is 6.64. The molecule has 1 N–H and O–H groups in total. The minimum Gasteiger partial charge on any atom is -0.502 e. The van der Waals surface area contributed by atoms with Crippen molar-refractivity contribution in [3.8, 4) is 5.75 Å². The summed E-state index contributed by atoms with van der Waals surface area (Å²) in [6.07, 6.45) is 3.13. The summed E-state index contributed by atoms with van der Waals surface area (Å²) in [6.45, 7) is 6.33. The summed E-state index contributed by atoms with van der Waals surface area (Å²) < 4.78 is 5.30. The molecule has 3 rings (SSSR count). The van der Waals surface area contributed by atoms with E-state index in [0.717, 1.165) is 49.5 Å². The number of rotatable bonds is 4. The standard InChI is InChI=1S/C18H24N4O3/c1-12-8-18(20-13(2)19-12)22-6-4-14(5-7-22)21(3)10-15-9-16(23)17(24)11-25-15/h8-9,11,14,24H,4-7,10H2,1-3H3. The van der Waals surface area contributed by atoms with E-state index in [9.17, 15) is 9.90 Å². The molecule has 7 heteroatoms. The second-order valence-corrected chi connectivity index (χ2v) is 6.64. The molecule has 134 valence electrons. The number of hydrogen-bond acceptors (Lipinski definition) is 7. The number of aryl methyl sites for hydroxylation is 2. The summed E-state index contributed by atoms with van der Waals surface area (Å²) in [5.41, 5.74) is 0.586. The average Bonchev–Trinajstić information content (AvgIpc) is 2.57. The second kappa shape index (κ2) is 7.23. The fourth-order valence-corrected chi connectivity index (χ4v) is 3.30. The highest BCUT2D eigenvalue weighted by atomic mass is 16.4. The molecule has 0 amide bonds. The minimum absolute atomic E-state index is 0.352. The Kier molecular flexibility index (Phi) is 5.03. The maximum Gasteiger partial charge on any atom is 0.226 e. The van der Waals surface area contributed by atoms with Crippen LogP contribution in [0.15, 0.2) is 27.6 Å². The molecule has 0 atom stereocenters. The molecule has 1 aliphatic heterocycles. The molecular weight excluding hydrogens is 320 g/mol. The fourth-order valence-electron chi connectivity index (χ4n) is 3.30. The smallest absolute Gasteiger partial charge is 0.226 e. The van der Waals surface area contributed by atoms with Gasteiger partial charge < -0.3 is 14.4 Å². The molecule has 0 saturated carbocycles. The van der Waals surface area contributed by atoms with Crippen molar-refractivity contribution in [1.82, 2.24) is 14.9 Å². The Bertz CT molecular complexity index is 777. The van der Waals surface area contributed by atoms with Crippen molar-refractivity contribution < 1.29 is 9.52 Å². The highest BCUT2D eigenvalue weighted by Crippen LogP contribution is 2.22. The maximum atomic E-state index is 11.5. The number of aromatic nitrogens is 2. The number of aromatic hydroxyl groups is 1. The van der Waals surface area contributed by atoms with Crippen molar-refractivity contribution in [1.29, 1.82) is 0 Å². The van der Waals surface area contributed by atoms with Crippen LogP contribution in [0.25, 0.3) is 0 Å². The van der Waals surface area contributed by atoms with E-state index in [1.54, 1.807) is 0 Å². The van der Waals surface area contributed by atoms with Crippen LogP contribution < -0.4 is 10.3 Å². The van der Waals surface area contributed by atoms with E-state index in [1.807, 2.05) is 27.0 Å². The zero-order valence-electron chi connectivity index (χ0n) is 14.9. The van der Waals surface area contributed by atoms with Gasteiger partial charge in [0.05, 0.1) is 6.54 Å². The third-order valence-corrected chi connectivity index (χ3v) is 4.64. The topological polar surface area (TPSA) is 82.7 Å². The van der Waals surface area contributed by atoms with E-state index in [1.165, 1.54) is 6.07 Å². The van der Waals surface area contributed by atoms with Crippen LogP contribution >= 0.6 is 0 Å². The van der Waals surface area contributed by atoms with Crippen LogP contribution in [-0.2, 0) is 6.54 Å². The van der Waals surface area contributed by atoms with Gasteiger partial charge in [0.1, 0.15) is 23.7 Å². The first kappa shape index (κ1) is 17.4. The van der Waals surface area contributed by atoms with Gasteiger partial charge in [-0.05, 0) is 33.7 Å². The molecule has 0 bridgehead atoms. The molecular formula is C18H24N4O3. The Morgan fingerprint density at radius 3 is 2.64 bits per heavy atom. The fraction of sp³-hybridized carbons (Fsp3) is 0.500. The van der Waals surface area contributed by atoms with Gasteiger partial charge in [-0.2, -0.15) is 0 Å². The number of anilines is 1. The largest absolute Gasteiger partial charge is 0.502 e. The van der Waals surface area contributed by atoms with Gasteiger partial charge in [0, 0.05) is 37.0 Å². The molecule has 0 aliphatic carbocycles. The van der Waals surface area contributed by atoms with Crippen molar-refractivity contribution in [3.05, 3.63) is 45.9 Å². The molecule has 2 aromatic heterocycles. The molecule has 2 aromatic rings. The van der Waals surface area contributed by atoms with Crippen LogP contribution in [0.3, 0.4) is 0 Å². The Morgan fingerprint density at radius 1 is 1.28 bits per heavy atom. The molecule has 3 heterocycles. The minimum atomic E-state index is -0.404. The Morgan fingerprint density at radius 2 is 2.00 bits per heavy atom. The van der Waals surface area contributed by atoms with Gasteiger partial charge >= 0.3 is 0 Å². The summed E-state index contributed by atoms with van der Waals surface area (Å²) in [4.78, 5) is 24.9. The van der Waals surface area contributed by atoms with Crippen molar-refractivity contribution >= 4 is 5.82 Å². The van der Waals surface area contributed by atoms with Crippen LogP contribution in [0, 0.1) is 13.8 Å². The van der Waals surface area contributed by atoms with Crippen LogP contribution in [-0.4, -0.2) is 46.2 Å². The first-order valence-corrected chi connectivity index (χ1v) is 8.50. The Labute approximate surface area is 146 Å². The van der Waals surface area contributed by atoms with Gasteiger partial charge in [-0.3, -0.25) is 9.69 Å². The monoisotopic (exact) mass is 344 g/mol. The van der Waals surface area contributed by atoms with E-state index in [2.05, 4.69) is 19.8 Å². The van der Waals surface area contributed by atoms with E-state index >= 15 is 0 Å². The molecule has 0 radical (unpaired) electrons. The zero-order valence-corrected chi connectivity index (χ0v) is 14.9. The van der Waals surface area contributed by atoms with Gasteiger partial charge in [0.2, 0.25) is 5.43 Å². The van der Waals surface area contributed by atoms with Gasteiger partial charge in [0.25, 0.3) is 0 Å². The SMILES string of the molecule is Cc1cc(N2CCC(N(C)Cc3cc(=O)c(O)co3)CC2)nc(C)n1. The molecule has 1 fully saturated rings. The van der Waals surface area contributed by atoms with Crippen LogP contribution in [0.2, 0.25) is 0 Å². The number of hydrogen-bond donors (Lipinski definition) is 1. The van der Waals surface area contributed by atoms with E-state index in [0.29, 0.717) is 18.3 Å². The maximum absolute atomic E-state index is 11.5. The lowest BCUT2D eigenvalue weighted by Crippen LogP contribution is -2.43. The summed E-state index contributed by atoms with van der Waals surface area (Å²) in [5, 5.41) is 9.27. The first-order chi connectivity index (χ1) is 11.9. The van der Waals surface area contributed by atoms with Crippen molar-refractivity contribution in [2.24, 2.45) is 0 Å². The highest BCUT2D eigenvalue weighted by molar-refractivity contribution is 5.40. The normalized spacial score (nSPS) is 15.8.